The number of carbonyl (C=O) groups excluding carboxylic acids is 2. The summed E-state index contributed by atoms with van der Waals surface area (Å²) in [5.41, 5.74) is 1.74. The van der Waals surface area contributed by atoms with E-state index in [4.69, 9.17) is 0 Å². The number of nitrogens with zero attached hydrogens (tertiary/aromatic N) is 1. The van der Waals surface area contributed by atoms with Crippen LogP contribution in [0, 0.1) is 12.8 Å². The van der Waals surface area contributed by atoms with Crippen molar-refractivity contribution in [2.24, 2.45) is 5.92 Å². The SMILES string of the molecule is Cc1cc(N2CC(C(=O)[O-])CC2=O)ccc1Br. The minimum atomic E-state index is -1.16. The molecular weight excluding hydrogens is 286 g/mol. The molecule has 1 aliphatic heterocycles. The van der Waals surface area contributed by atoms with Gasteiger partial charge in [-0.25, -0.2) is 0 Å². The van der Waals surface area contributed by atoms with Crippen molar-refractivity contribution in [1.29, 1.82) is 0 Å². The van der Waals surface area contributed by atoms with E-state index in [-0.39, 0.29) is 18.9 Å². The summed E-state index contributed by atoms with van der Waals surface area (Å²) in [4.78, 5) is 24.0. The van der Waals surface area contributed by atoms with E-state index in [1.165, 1.54) is 4.90 Å². The van der Waals surface area contributed by atoms with Crippen molar-refractivity contribution in [1.82, 2.24) is 0 Å². The Hall–Kier alpha value is -1.36. The van der Waals surface area contributed by atoms with E-state index in [0.29, 0.717) is 0 Å². The number of carboxylic acids is 1. The number of hydrogen-bond acceptors (Lipinski definition) is 3. The van der Waals surface area contributed by atoms with Crippen LogP contribution in [-0.4, -0.2) is 18.4 Å². The summed E-state index contributed by atoms with van der Waals surface area (Å²) in [7, 11) is 0. The van der Waals surface area contributed by atoms with Gasteiger partial charge in [-0.2, -0.15) is 0 Å². The largest absolute Gasteiger partial charge is 0.550 e. The first-order valence-electron chi connectivity index (χ1n) is 5.26. The average Bonchev–Trinajstić information content (AvgIpc) is 2.65. The lowest BCUT2D eigenvalue weighted by atomic mass is 10.1. The molecule has 4 nitrogen and oxygen atoms in total. The second-order valence-corrected chi connectivity index (χ2v) is 5.01. The highest BCUT2D eigenvalue weighted by molar-refractivity contribution is 9.10. The fourth-order valence-electron chi connectivity index (χ4n) is 1.91. The van der Waals surface area contributed by atoms with Crippen molar-refractivity contribution in [2.45, 2.75) is 13.3 Å². The fourth-order valence-corrected chi connectivity index (χ4v) is 2.16. The molecular formula is C12H11BrNO3-. The highest BCUT2D eigenvalue weighted by atomic mass is 79.9. The van der Waals surface area contributed by atoms with Gasteiger partial charge < -0.3 is 14.8 Å². The van der Waals surface area contributed by atoms with Gasteiger partial charge in [-0.1, -0.05) is 15.9 Å². The topological polar surface area (TPSA) is 60.4 Å². The molecule has 1 unspecified atom stereocenters. The third kappa shape index (κ3) is 2.34. The van der Waals surface area contributed by atoms with Crippen LogP contribution in [0.2, 0.25) is 0 Å². The molecule has 1 heterocycles. The Morgan fingerprint density at radius 2 is 2.24 bits per heavy atom. The van der Waals surface area contributed by atoms with E-state index in [1.807, 2.05) is 19.1 Å². The minimum Gasteiger partial charge on any atom is -0.550 e. The number of aliphatic carboxylic acids is 1. The van der Waals surface area contributed by atoms with Gasteiger partial charge in [0.1, 0.15) is 0 Å². The predicted molar refractivity (Wildman–Crippen MR) is 64.3 cm³/mol. The maximum atomic E-state index is 11.7. The number of halogens is 1. The summed E-state index contributed by atoms with van der Waals surface area (Å²) in [5, 5.41) is 10.7. The van der Waals surface area contributed by atoms with Crippen molar-refractivity contribution in [3.05, 3.63) is 28.2 Å². The normalized spacial score (nSPS) is 19.8. The Bertz CT molecular complexity index is 487. The number of rotatable bonds is 2. The van der Waals surface area contributed by atoms with Gasteiger partial charge >= 0.3 is 0 Å². The van der Waals surface area contributed by atoms with Gasteiger partial charge in [0, 0.05) is 35.0 Å². The van der Waals surface area contributed by atoms with Crippen LogP contribution in [0.3, 0.4) is 0 Å². The highest BCUT2D eigenvalue weighted by Gasteiger charge is 2.31. The molecule has 0 saturated carbocycles. The third-order valence-electron chi connectivity index (χ3n) is 2.91. The molecule has 0 radical (unpaired) electrons. The van der Waals surface area contributed by atoms with Gasteiger partial charge in [0.05, 0.1) is 0 Å². The fraction of sp³-hybridized carbons (Fsp3) is 0.333. The number of amides is 1. The molecule has 90 valence electrons. The van der Waals surface area contributed by atoms with Gasteiger partial charge in [-0.3, -0.25) is 4.79 Å². The maximum Gasteiger partial charge on any atom is 0.227 e. The van der Waals surface area contributed by atoms with E-state index in [2.05, 4.69) is 15.9 Å². The van der Waals surface area contributed by atoms with Crippen LogP contribution in [0.1, 0.15) is 12.0 Å². The van der Waals surface area contributed by atoms with Gasteiger partial charge in [0.2, 0.25) is 5.91 Å². The molecule has 0 aliphatic carbocycles. The third-order valence-corrected chi connectivity index (χ3v) is 3.80. The van der Waals surface area contributed by atoms with Crippen LogP contribution in [0.5, 0.6) is 0 Å². The second kappa shape index (κ2) is 4.49. The average molecular weight is 297 g/mol. The maximum absolute atomic E-state index is 11.7. The quantitative estimate of drug-likeness (QED) is 0.813. The second-order valence-electron chi connectivity index (χ2n) is 4.16. The van der Waals surface area contributed by atoms with Crippen LogP contribution in [-0.2, 0) is 9.59 Å². The van der Waals surface area contributed by atoms with Crippen molar-refractivity contribution < 1.29 is 14.7 Å². The molecule has 1 aliphatic rings. The number of carbonyl (C=O) groups is 2. The molecule has 1 atom stereocenters. The Kier molecular flexibility index (Phi) is 3.19. The van der Waals surface area contributed by atoms with Crippen LogP contribution in [0.15, 0.2) is 22.7 Å². The van der Waals surface area contributed by atoms with E-state index in [1.54, 1.807) is 6.07 Å². The first-order chi connectivity index (χ1) is 7.99. The summed E-state index contributed by atoms with van der Waals surface area (Å²) in [6.07, 6.45) is 0.0252. The number of benzene rings is 1. The smallest absolute Gasteiger partial charge is 0.227 e. The zero-order valence-electron chi connectivity index (χ0n) is 9.27. The molecule has 0 spiro atoms. The lowest BCUT2D eigenvalue weighted by Crippen LogP contribution is -2.33. The predicted octanol–water partition coefficient (Wildman–Crippen LogP) is 0.860. The zero-order chi connectivity index (χ0) is 12.6. The van der Waals surface area contributed by atoms with Gasteiger partial charge in [0.25, 0.3) is 0 Å². The molecule has 1 saturated heterocycles. The molecule has 5 heteroatoms. The molecule has 1 aromatic carbocycles. The molecule has 1 fully saturated rings. The summed E-state index contributed by atoms with van der Waals surface area (Å²) >= 11 is 3.38. The lowest BCUT2D eigenvalue weighted by Gasteiger charge is -2.18. The lowest BCUT2D eigenvalue weighted by molar-refractivity contribution is -0.310. The van der Waals surface area contributed by atoms with E-state index >= 15 is 0 Å². The summed E-state index contributed by atoms with van der Waals surface area (Å²) in [6.45, 7) is 2.12. The number of hydrogen-bond donors (Lipinski definition) is 0. The van der Waals surface area contributed by atoms with Crippen molar-refractivity contribution in [3.63, 3.8) is 0 Å². The van der Waals surface area contributed by atoms with Crippen LogP contribution < -0.4 is 10.0 Å². The van der Waals surface area contributed by atoms with Crippen LogP contribution in [0.25, 0.3) is 0 Å². The Morgan fingerprint density at radius 1 is 1.53 bits per heavy atom. The molecule has 0 N–H and O–H groups in total. The van der Waals surface area contributed by atoms with E-state index in [9.17, 15) is 14.7 Å². The van der Waals surface area contributed by atoms with Gasteiger partial charge in [-0.05, 0) is 30.7 Å². The van der Waals surface area contributed by atoms with Crippen molar-refractivity contribution in [3.8, 4) is 0 Å². The highest BCUT2D eigenvalue weighted by Crippen LogP contribution is 2.28. The Morgan fingerprint density at radius 3 is 2.76 bits per heavy atom. The molecule has 2 rings (SSSR count). The zero-order valence-corrected chi connectivity index (χ0v) is 10.9. The first kappa shape index (κ1) is 12.1. The number of anilines is 1. The molecule has 1 aromatic rings. The Labute approximate surface area is 107 Å². The molecule has 17 heavy (non-hydrogen) atoms. The van der Waals surface area contributed by atoms with E-state index in [0.717, 1.165) is 15.7 Å². The van der Waals surface area contributed by atoms with Gasteiger partial charge in [0.15, 0.2) is 0 Å². The minimum absolute atomic E-state index is 0.0252. The summed E-state index contributed by atoms with van der Waals surface area (Å²) in [6, 6.07) is 5.51. The molecule has 1 amide bonds. The van der Waals surface area contributed by atoms with Crippen molar-refractivity contribution >= 4 is 33.5 Å². The molecule has 0 aromatic heterocycles. The standard InChI is InChI=1S/C12H12BrNO3/c1-7-4-9(2-3-10(7)13)14-6-8(12(16)17)5-11(14)15/h2-4,8H,5-6H2,1H3,(H,16,17)/p-1. The van der Waals surface area contributed by atoms with Gasteiger partial charge in [-0.15, -0.1) is 0 Å². The van der Waals surface area contributed by atoms with Crippen molar-refractivity contribution in [2.75, 3.05) is 11.4 Å². The van der Waals surface area contributed by atoms with Crippen LogP contribution >= 0.6 is 15.9 Å². The summed E-state index contributed by atoms with van der Waals surface area (Å²) in [5.74, 6) is -2.03. The van der Waals surface area contributed by atoms with E-state index < -0.39 is 11.9 Å². The van der Waals surface area contributed by atoms with Crippen LogP contribution in [0.4, 0.5) is 5.69 Å². The summed E-state index contributed by atoms with van der Waals surface area (Å²) < 4.78 is 0.962. The first-order valence-corrected chi connectivity index (χ1v) is 6.05. The number of carboxylic acid groups (broad SMARTS) is 1. The monoisotopic (exact) mass is 296 g/mol. The Balaban J connectivity index is 2.26. The molecule has 0 bridgehead atoms. The number of aryl methyl sites for hydroxylation is 1.